The monoisotopic (exact) mass is 229 g/mol. The topological polar surface area (TPSA) is 25.2 Å². The molecule has 2 heteroatoms. The highest BCUT2D eigenvalue weighted by atomic mass is 16.3. The van der Waals surface area contributed by atoms with E-state index in [-0.39, 0.29) is 6.61 Å². The standard InChI is InChI=1S/C15H19NO/c1-11-9-15(10-17)13(3)16(11)12(2)14-7-5-4-6-8-14/h4-9,12,17H,10H2,1-3H3. The minimum atomic E-state index is 0.112. The van der Waals surface area contributed by atoms with Gasteiger partial charge in [-0.3, -0.25) is 0 Å². The molecule has 0 radical (unpaired) electrons. The fourth-order valence-electron chi connectivity index (χ4n) is 2.48. The molecule has 1 aromatic heterocycles. The van der Waals surface area contributed by atoms with Gasteiger partial charge in [0.05, 0.1) is 12.6 Å². The van der Waals surface area contributed by atoms with Crippen molar-refractivity contribution in [2.45, 2.75) is 33.4 Å². The molecule has 0 saturated heterocycles. The van der Waals surface area contributed by atoms with Crippen LogP contribution in [-0.2, 0) is 6.61 Å². The summed E-state index contributed by atoms with van der Waals surface area (Å²) in [6.45, 7) is 6.46. The summed E-state index contributed by atoms with van der Waals surface area (Å²) in [6.07, 6.45) is 0. The Kier molecular flexibility index (Phi) is 3.34. The van der Waals surface area contributed by atoms with Crippen molar-refractivity contribution in [2.75, 3.05) is 0 Å². The lowest BCUT2D eigenvalue weighted by molar-refractivity contribution is 0.280. The third-order valence-electron chi connectivity index (χ3n) is 3.43. The number of rotatable bonds is 3. The summed E-state index contributed by atoms with van der Waals surface area (Å²) in [5, 5.41) is 9.30. The van der Waals surface area contributed by atoms with Crippen LogP contribution in [0.4, 0.5) is 0 Å². The largest absolute Gasteiger partial charge is 0.392 e. The molecule has 0 spiro atoms. The van der Waals surface area contributed by atoms with Crippen LogP contribution in [0.15, 0.2) is 36.4 Å². The lowest BCUT2D eigenvalue weighted by Gasteiger charge is -2.19. The molecule has 0 amide bonds. The van der Waals surface area contributed by atoms with Gasteiger partial charge >= 0.3 is 0 Å². The first-order chi connectivity index (χ1) is 8.15. The molecule has 0 aliphatic carbocycles. The number of hydrogen-bond donors (Lipinski definition) is 1. The van der Waals surface area contributed by atoms with E-state index < -0.39 is 0 Å². The van der Waals surface area contributed by atoms with Crippen LogP contribution in [0.25, 0.3) is 0 Å². The lowest BCUT2D eigenvalue weighted by atomic mass is 10.1. The average Bonchev–Trinajstić information content (AvgIpc) is 2.64. The van der Waals surface area contributed by atoms with Crippen molar-refractivity contribution in [2.24, 2.45) is 0 Å². The molecule has 1 atom stereocenters. The summed E-state index contributed by atoms with van der Waals surface area (Å²) in [5.41, 5.74) is 4.66. The quantitative estimate of drug-likeness (QED) is 0.859. The molecule has 2 rings (SSSR count). The lowest BCUT2D eigenvalue weighted by Crippen LogP contribution is -2.10. The number of aliphatic hydroxyl groups excluding tert-OH is 1. The van der Waals surface area contributed by atoms with Crippen LogP contribution >= 0.6 is 0 Å². The maximum atomic E-state index is 9.30. The summed E-state index contributed by atoms with van der Waals surface area (Å²) in [5.74, 6) is 0. The number of nitrogens with zero attached hydrogens (tertiary/aromatic N) is 1. The van der Waals surface area contributed by atoms with Gasteiger partial charge in [0, 0.05) is 11.4 Å². The summed E-state index contributed by atoms with van der Waals surface area (Å²) < 4.78 is 2.28. The van der Waals surface area contributed by atoms with Crippen LogP contribution in [-0.4, -0.2) is 9.67 Å². The SMILES string of the molecule is Cc1cc(CO)c(C)n1C(C)c1ccccc1. The normalized spacial score (nSPS) is 12.7. The van der Waals surface area contributed by atoms with E-state index in [0.717, 1.165) is 11.3 Å². The first-order valence-electron chi connectivity index (χ1n) is 5.98. The average molecular weight is 229 g/mol. The van der Waals surface area contributed by atoms with E-state index in [1.165, 1.54) is 11.3 Å². The molecule has 17 heavy (non-hydrogen) atoms. The highest BCUT2D eigenvalue weighted by Gasteiger charge is 2.14. The van der Waals surface area contributed by atoms with Gasteiger partial charge in [0.15, 0.2) is 0 Å². The Morgan fingerprint density at radius 2 is 1.82 bits per heavy atom. The highest BCUT2D eigenvalue weighted by molar-refractivity contribution is 5.30. The highest BCUT2D eigenvalue weighted by Crippen LogP contribution is 2.25. The molecule has 90 valence electrons. The predicted octanol–water partition coefficient (Wildman–Crippen LogP) is 3.21. The molecule has 0 aliphatic heterocycles. The Balaban J connectivity index is 2.44. The predicted molar refractivity (Wildman–Crippen MR) is 70.1 cm³/mol. The number of aromatic nitrogens is 1. The van der Waals surface area contributed by atoms with Gasteiger partial charge in [0.1, 0.15) is 0 Å². The van der Waals surface area contributed by atoms with Crippen molar-refractivity contribution in [3.05, 3.63) is 58.9 Å². The Bertz CT molecular complexity index is 499. The summed E-state index contributed by atoms with van der Waals surface area (Å²) >= 11 is 0. The zero-order chi connectivity index (χ0) is 12.4. The van der Waals surface area contributed by atoms with Gasteiger partial charge in [-0.2, -0.15) is 0 Å². The minimum Gasteiger partial charge on any atom is -0.392 e. The molecule has 0 fully saturated rings. The van der Waals surface area contributed by atoms with Crippen molar-refractivity contribution in [1.29, 1.82) is 0 Å². The maximum absolute atomic E-state index is 9.30. The summed E-state index contributed by atoms with van der Waals surface area (Å²) in [7, 11) is 0. The molecule has 2 nitrogen and oxygen atoms in total. The van der Waals surface area contributed by atoms with Crippen molar-refractivity contribution in [3.63, 3.8) is 0 Å². The van der Waals surface area contributed by atoms with Crippen LogP contribution in [0, 0.1) is 13.8 Å². The second-order valence-corrected chi connectivity index (χ2v) is 4.51. The van der Waals surface area contributed by atoms with Crippen LogP contribution in [0.3, 0.4) is 0 Å². The van der Waals surface area contributed by atoms with Gasteiger partial charge in [-0.1, -0.05) is 30.3 Å². The Hall–Kier alpha value is -1.54. The minimum absolute atomic E-state index is 0.112. The van der Waals surface area contributed by atoms with Crippen LogP contribution in [0.5, 0.6) is 0 Å². The molecule has 1 aromatic carbocycles. The van der Waals surface area contributed by atoms with Crippen molar-refractivity contribution >= 4 is 0 Å². The van der Waals surface area contributed by atoms with Gasteiger partial charge in [-0.25, -0.2) is 0 Å². The molecular formula is C15H19NO. The van der Waals surface area contributed by atoms with Crippen molar-refractivity contribution in [1.82, 2.24) is 4.57 Å². The van der Waals surface area contributed by atoms with E-state index in [4.69, 9.17) is 0 Å². The first-order valence-corrected chi connectivity index (χ1v) is 5.98. The van der Waals surface area contributed by atoms with E-state index >= 15 is 0 Å². The molecule has 1 N–H and O–H groups in total. The second-order valence-electron chi connectivity index (χ2n) is 4.51. The van der Waals surface area contributed by atoms with Crippen LogP contribution < -0.4 is 0 Å². The van der Waals surface area contributed by atoms with E-state index in [9.17, 15) is 5.11 Å². The van der Waals surface area contributed by atoms with Crippen molar-refractivity contribution < 1.29 is 5.11 Å². The maximum Gasteiger partial charge on any atom is 0.0699 e. The Labute approximate surface area is 103 Å². The van der Waals surface area contributed by atoms with Gasteiger partial charge in [0.25, 0.3) is 0 Å². The van der Waals surface area contributed by atoms with E-state index in [1.807, 2.05) is 6.07 Å². The number of aliphatic hydroxyl groups is 1. The Morgan fingerprint density at radius 1 is 1.18 bits per heavy atom. The fraction of sp³-hybridized carbons (Fsp3) is 0.333. The third kappa shape index (κ3) is 2.13. The molecule has 1 heterocycles. The van der Waals surface area contributed by atoms with Gasteiger partial charge < -0.3 is 9.67 Å². The summed E-state index contributed by atoms with van der Waals surface area (Å²) in [6, 6.07) is 12.8. The molecule has 0 bridgehead atoms. The van der Waals surface area contributed by atoms with Crippen LogP contribution in [0.1, 0.15) is 35.5 Å². The number of hydrogen-bond acceptors (Lipinski definition) is 1. The second kappa shape index (κ2) is 4.76. The first kappa shape index (κ1) is 11.9. The molecule has 1 unspecified atom stereocenters. The van der Waals surface area contributed by atoms with E-state index in [1.54, 1.807) is 0 Å². The number of aryl methyl sites for hydroxylation is 1. The third-order valence-corrected chi connectivity index (χ3v) is 3.43. The van der Waals surface area contributed by atoms with E-state index in [2.05, 4.69) is 55.7 Å². The smallest absolute Gasteiger partial charge is 0.0699 e. The van der Waals surface area contributed by atoms with Crippen molar-refractivity contribution in [3.8, 4) is 0 Å². The van der Waals surface area contributed by atoms with Gasteiger partial charge in [-0.15, -0.1) is 0 Å². The van der Waals surface area contributed by atoms with Crippen LogP contribution in [0.2, 0.25) is 0 Å². The zero-order valence-electron chi connectivity index (χ0n) is 10.6. The zero-order valence-corrected chi connectivity index (χ0v) is 10.6. The molecule has 0 saturated carbocycles. The van der Waals surface area contributed by atoms with E-state index in [0.29, 0.717) is 6.04 Å². The number of benzene rings is 1. The van der Waals surface area contributed by atoms with Gasteiger partial charge in [-0.05, 0) is 38.0 Å². The Morgan fingerprint density at radius 3 is 2.35 bits per heavy atom. The molecule has 0 aliphatic rings. The molecular weight excluding hydrogens is 210 g/mol. The van der Waals surface area contributed by atoms with Gasteiger partial charge in [0.2, 0.25) is 0 Å². The fourth-order valence-corrected chi connectivity index (χ4v) is 2.48. The molecule has 2 aromatic rings. The summed E-state index contributed by atoms with van der Waals surface area (Å²) in [4.78, 5) is 0.